The van der Waals surface area contributed by atoms with Gasteiger partial charge in [-0.15, -0.1) is 0 Å². The Kier molecular flexibility index (Phi) is 4.46. The summed E-state index contributed by atoms with van der Waals surface area (Å²) in [6.45, 7) is 0. The van der Waals surface area contributed by atoms with Crippen LogP contribution in [0.15, 0.2) is 95.4 Å². The molecule has 28 heavy (non-hydrogen) atoms. The van der Waals surface area contributed by atoms with Gasteiger partial charge in [0, 0.05) is 5.39 Å². The van der Waals surface area contributed by atoms with E-state index >= 15 is 0 Å². The third-order valence-electron chi connectivity index (χ3n) is 4.51. The highest BCUT2D eigenvalue weighted by atomic mass is 27.2. The van der Waals surface area contributed by atoms with Gasteiger partial charge in [0.05, 0.1) is 17.1 Å². The Hall–Kier alpha value is -3.26. The molecular weight excluding hydrogens is 365 g/mol. The van der Waals surface area contributed by atoms with Gasteiger partial charge in [-0.25, -0.2) is 4.98 Å². The number of oxazole rings is 1. The second kappa shape index (κ2) is 7.40. The molecule has 0 amide bonds. The van der Waals surface area contributed by atoms with Crippen LogP contribution in [0.5, 0.6) is 11.5 Å². The number of hydrogen-bond acceptors (Lipinski definition) is 4. The minimum absolute atomic E-state index is 0.543. The fourth-order valence-electron chi connectivity index (χ4n) is 3.16. The summed E-state index contributed by atoms with van der Waals surface area (Å²) < 4.78 is 17.9. The van der Waals surface area contributed by atoms with Crippen LogP contribution in [-0.2, 0) is 0 Å². The highest BCUT2D eigenvalue weighted by Crippen LogP contribution is 2.32. The third-order valence-corrected chi connectivity index (χ3v) is 5.21. The fourth-order valence-corrected chi connectivity index (χ4v) is 3.83. The molecule has 4 aromatic carbocycles. The zero-order valence-electron chi connectivity index (χ0n) is 14.9. The lowest BCUT2D eigenvalue weighted by Crippen LogP contribution is -2.11. The molecule has 0 unspecified atom stereocenters. The van der Waals surface area contributed by atoms with Crippen LogP contribution in [0, 0.1) is 0 Å². The van der Waals surface area contributed by atoms with Crippen LogP contribution >= 0.6 is 0 Å². The fraction of sp³-hybridized carbons (Fsp3) is 0. The molecule has 0 bridgehead atoms. The van der Waals surface area contributed by atoms with Gasteiger partial charge in [-0.1, -0.05) is 60.7 Å². The van der Waals surface area contributed by atoms with Gasteiger partial charge in [-0.3, -0.25) is 0 Å². The van der Waals surface area contributed by atoms with Crippen LogP contribution < -0.4 is 7.58 Å². The van der Waals surface area contributed by atoms with E-state index in [-0.39, 0.29) is 0 Å². The molecule has 133 valence electrons. The van der Waals surface area contributed by atoms with Gasteiger partial charge in [-0.2, -0.15) is 0 Å². The van der Waals surface area contributed by atoms with Gasteiger partial charge in [0.1, 0.15) is 5.52 Å². The van der Waals surface area contributed by atoms with Gasteiger partial charge < -0.3 is 12.0 Å². The first kappa shape index (κ1) is 16.9. The monoisotopic (exact) mass is 380 g/mol. The van der Waals surface area contributed by atoms with E-state index in [2.05, 4.69) is 23.2 Å². The number of aromatic nitrogens is 1. The Morgan fingerprint density at radius 1 is 0.679 bits per heavy atom. The summed E-state index contributed by atoms with van der Waals surface area (Å²) in [6, 6.07) is 29.6. The number of nitrogens with zero attached hydrogens (tertiary/aromatic N) is 1. The van der Waals surface area contributed by atoms with Gasteiger partial charge in [0.25, 0.3) is 0 Å². The van der Waals surface area contributed by atoms with Crippen molar-refractivity contribution in [3.63, 3.8) is 0 Å². The SMILES string of the molecule is c1ccc(-c2nc3ccccc3o2)c([O][Al][O]c2cccc3ccccc23)c1. The third kappa shape index (κ3) is 3.22. The Morgan fingerprint density at radius 2 is 1.39 bits per heavy atom. The van der Waals surface area contributed by atoms with Crippen molar-refractivity contribution < 1.29 is 12.0 Å². The molecule has 5 rings (SSSR count). The number of rotatable bonds is 5. The normalized spacial score (nSPS) is 10.9. The van der Waals surface area contributed by atoms with Crippen LogP contribution in [0.25, 0.3) is 33.3 Å². The highest BCUT2D eigenvalue weighted by Gasteiger charge is 2.15. The number of para-hydroxylation sites is 3. The number of fused-ring (bicyclic) bond motifs is 2. The molecule has 0 N–H and O–H groups in total. The van der Waals surface area contributed by atoms with Crippen molar-refractivity contribution in [2.24, 2.45) is 0 Å². The number of hydrogen-bond donors (Lipinski definition) is 0. The molecule has 0 spiro atoms. The molecule has 0 saturated carbocycles. The Balaban J connectivity index is 1.39. The summed E-state index contributed by atoms with van der Waals surface area (Å²) in [4.78, 5) is 4.57. The quantitative estimate of drug-likeness (QED) is 0.370. The lowest BCUT2D eigenvalue weighted by atomic mass is 10.1. The van der Waals surface area contributed by atoms with E-state index in [4.69, 9.17) is 12.0 Å². The van der Waals surface area contributed by atoms with Crippen molar-refractivity contribution >= 4 is 37.8 Å². The molecule has 4 nitrogen and oxygen atoms in total. The van der Waals surface area contributed by atoms with Crippen LogP contribution in [0.3, 0.4) is 0 Å². The van der Waals surface area contributed by atoms with Crippen molar-refractivity contribution in [2.75, 3.05) is 0 Å². The van der Waals surface area contributed by atoms with Gasteiger partial charge in [0.2, 0.25) is 5.89 Å². The van der Waals surface area contributed by atoms with E-state index in [1.165, 1.54) is 0 Å². The predicted octanol–water partition coefficient (Wildman–Crippen LogP) is 5.64. The molecule has 0 saturated heterocycles. The van der Waals surface area contributed by atoms with Crippen molar-refractivity contribution in [1.82, 2.24) is 4.98 Å². The molecule has 0 aliphatic carbocycles. The van der Waals surface area contributed by atoms with E-state index in [1.807, 2.05) is 72.8 Å². The average molecular weight is 380 g/mol. The maximum Gasteiger partial charge on any atom is 0.881 e. The predicted molar refractivity (Wildman–Crippen MR) is 110 cm³/mol. The average Bonchev–Trinajstić information content (AvgIpc) is 3.18. The van der Waals surface area contributed by atoms with Crippen molar-refractivity contribution in [3.8, 4) is 23.0 Å². The largest absolute Gasteiger partial charge is 0.881 e. The van der Waals surface area contributed by atoms with Crippen LogP contribution in [0.4, 0.5) is 0 Å². The van der Waals surface area contributed by atoms with E-state index in [1.54, 1.807) is 0 Å². The second-order valence-corrected chi connectivity index (χ2v) is 6.96. The molecule has 5 aromatic rings. The smallest absolute Gasteiger partial charge is 0.615 e. The lowest BCUT2D eigenvalue weighted by molar-refractivity contribution is 0.461. The van der Waals surface area contributed by atoms with Crippen LogP contribution in [0.1, 0.15) is 0 Å². The first-order valence-electron chi connectivity index (χ1n) is 8.96. The first-order valence-corrected chi connectivity index (χ1v) is 9.90. The van der Waals surface area contributed by atoms with Crippen LogP contribution in [-0.4, -0.2) is 20.9 Å². The first-order chi connectivity index (χ1) is 13.9. The standard InChI is InChI=1S/C13H9NO2.C10H8O.Al/c15-11-7-3-1-5-9(11)13-14-10-6-2-4-8-12(10)16-13;11-10-7-3-5-8-4-1-2-6-9(8)10;/h1-8,15H;1-7,11H;/q;;+2/p-2. The lowest BCUT2D eigenvalue weighted by Gasteiger charge is -2.12. The van der Waals surface area contributed by atoms with E-state index in [0.29, 0.717) is 11.6 Å². The summed E-state index contributed by atoms with van der Waals surface area (Å²) in [5.74, 6) is 2.07. The molecule has 5 heteroatoms. The maximum atomic E-state index is 6.00. The van der Waals surface area contributed by atoms with E-state index in [0.717, 1.165) is 33.2 Å². The van der Waals surface area contributed by atoms with Gasteiger partial charge >= 0.3 is 15.9 Å². The molecular formula is C23H15AlNO3. The summed E-state index contributed by atoms with van der Waals surface area (Å²) >= 11 is -0.743. The molecule has 1 radical (unpaired) electrons. The Morgan fingerprint density at radius 3 is 2.36 bits per heavy atom. The van der Waals surface area contributed by atoms with Gasteiger partial charge in [-0.05, 0) is 35.7 Å². The van der Waals surface area contributed by atoms with Gasteiger partial charge in [0.15, 0.2) is 5.58 Å². The topological polar surface area (TPSA) is 44.5 Å². The van der Waals surface area contributed by atoms with Crippen molar-refractivity contribution in [1.29, 1.82) is 0 Å². The highest BCUT2D eigenvalue weighted by molar-refractivity contribution is 6.21. The summed E-state index contributed by atoms with van der Waals surface area (Å²) in [7, 11) is 0. The molecule has 0 aliphatic rings. The van der Waals surface area contributed by atoms with Crippen LogP contribution in [0.2, 0.25) is 0 Å². The zero-order valence-corrected chi connectivity index (χ0v) is 16.1. The zero-order chi connectivity index (χ0) is 18.8. The molecule has 0 atom stereocenters. The molecule has 0 aliphatic heterocycles. The van der Waals surface area contributed by atoms with E-state index in [9.17, 15) is 0 Å². The minimum Gasteiger partial charge on any atom is -0.615 e. The molecule has 0 fully saturated rings. The Labute approximate surface area is 168 Å². The second-order valence-electron chi connectivity index (χ2n) is 6.29. The molecule has 1 aromatic heterocycles. The number of benzene rings is 4. The minimum atomic E-state index is -0.743. The Bertz CT molecular complexity index is 1230. The molecule has 1 heterocycles. The van der Waals surface area contributed by atoms with Crippen molar-refractivity contribution in [2.45, 2.75) is 0 Å². The van der Waals surface area contributed by atoms with E-state index < -0.39 is 15.9 Å². The summed E-state index contributed by atoms with van der Waals surface area (Å²) in [6.07, 6.45) is 0. The maximum absolute atomic E-state index is 6.00. The summed E-state index contributed by atoms with van der Waals surface area (Å²) in [5, 5.41) is 2.22. The summed E-state index contributed by atoms with van der Waals surface area (Å²) in [5.41, 5.74) is 2.39. The van der Waals surface area contributed by atoms with Crippen molar-refractivity contribution in [3.05, 3.63) is 91.0 Å².